The van der Waals surface area contributed by atoms with Crippen molar-refractivity contribution in [2.45, 2.75) is 0 Å². The number of rotatable bonds is 4. The van der Waals surface area contributed by atoms with E-state index in [1.807, 2.05) is 6.07 Å². The number of allylic oxidation sites excluding steroid dienone is 1. The molecule has 0 heterocycles. The van der Waals surface area contributed by atoms with E-state index in [4.69, 9.17) is 19.5 Å². The number of hydrogen-bond donors (Lipinski definition) is 0. The lowest BCUT2D eigenvalue weighted by Gasteiger charge is -2.14. The Labute approximate surface area is 94.7 Å². The molecule has 0 fully saturated rings. The summed E-state index contributed by atoms with van der Waals surface area (Å²) in [4.78, 5) is 0. The van der Waals surface area contributed by atoms with Crippen LogP contribution in [0, 0.1) is 11.3 Å². The minimum Gasteiger partial charge on any atom is -0.493 e. The lowest BCUT2D eigenvalue weighted by Crippen LogP contribution is -1.97. The molecule has 0 aliphatic rings. The van der Waals surface area contributed by atoms with Gasteiger partial charge in [-0.3, -0.25) is 0 Å². The topological polar surface area (TPSA) is 51.5 Å². The largest absolute Gasteiger partial charge is 0.493 e. The third kappa shape index (κ3) is 1.94. The molecule has 0 radical (unpaired) electrons. The molecular weight excluding hydrogens is 206 g/mol. The van der Waals surface area contributed by atoms with Gasteiger partial charge in [-0.2, -0.15) is 5.26 Å². The highest BCUT2D eigenvalue weighted by Gasteiger charge is 2.17. The van der Waals surface area contributed by atoms with Crippen LogP contribution in [0.2, 0.25) is 0 Å². The third-order valence-electron chi connectivity index (χ3n) is 2.16. The van der Waals surface area contributed by atoms with Gasteiger partial charge < -0.3 is 14.2 Å². The number of ether oxygens (including phenoxy) is 3. The van der Waals surface area contributed by atoms with Gasteiger partial charge in [0.2, 0.25) is 5.75 Å². The summed E-state index contributed by atoms with van der Waals surface area (Å²) in [5.41, 5.74) is 0.917. The molecule has 0 N–H and O–H groups in total. The first-order valence-corrected chi connectivity index (χ1v) is 4.57. The van der Waals surface area contributed by atoms with E-state index in [0.29, 0.717) is 28.4 Å². The predicted octanol–water partition coefficient (Wildman–Crippen LogP) is 2.25. The highest BCUT2D eigenvalue weighted by Crippen LogP contribution is 2.41. The quantitative estimate of drug-likeness (QED) is 0.729. The summed E-state index contributed by atoms with van der Waals surface area (Å²) in [7, 11) is 4.56. The highest BCUT2D eigenvalue weighted by atomic mass is 16.5. The highest BCUT2D eigenvalue weighted by molar-refractivity contribution is 5.81. The van der Waals surface area contributed by atoms with E-state index in [1.54, 1.807) is 12.1 Å². The van der Waals surface area contributed by atoms with Gasteiger partial charge in [-0.1, -0.05) is 6.58 Å². The molecule has 1 aromatic rings. The van der Waals surface area contributed by atoms with Crippen LogP contribution in [0.1, 0.15) is 5.56 Å². The Kier molecular flexibility index (Phi) is 3.78. The van der Waals surface area contributed by atoms with E-state index in [9.17, 15) is 0 Å². The fourth-order valence-electron chi connectivity index (χ4n) is 1.40. The van der Waals surface area contributed by atoms with E-state index >= 15 is 0 Å². The molecular formula is C12H13NO3. The maximum absolute atomic E-state index is 8.82. The molecule has 4 nitrogen and oxygen atoms in total. The van der Waals surface area contributed by atoms with Crippen molar-refractivity contribution in [2.24, 2.45) is 0 Å². The van der Waals surface area contributed by atoms with Gasteiger partial charge in [-0.05, 0) is 12.1 Å². The minimum atomic E-state index is 0.317. The van der Waals surface area contributed by atoms with Gasteiger partial charge in [0.05, 0.1) is 33.0 Å². The molecule has 0 saturated heterocycles. The van der Waals surface area contributed by atoms with E-state index in [0.717, 1.165) is 0 Å². The molecule has 16 heavy (non-hydrogen) atoms. The van der Waals surface area contributed by atoms with Crippen LogP contribution in [0.3, 0.4) is 0 Å². The lowest BCUT2D eigenvalue weighted by molar-refractivity contribution is 0.324. The number of nitrogens with zero attached hydrogens (tertiary/aromatic N) is 1. The summed E-state index contributed by atoms with van der Waals surface area (Å²) < 4.78 is 15.5. The molecule has 1 rings (SSSR count). The zero-order chi connectivity index (χ0) is 12.1. The first-order chi connectivity index (χ1) is 7.69. The van der Waals surface area contributed by atoms with Crippen LogP contribution in [0.5, 0.6) is 17.2 Å². The van der Waals surface area contributed by atoms with Gasteiger partial charge in [-0.25, -0.2) is 0 Å². The average molecular weight is 219 g/mol. The molecule has 4 heteroatoms. The zero-order valence-electron chi connectivity index (χ0n) is 9.53. The summed E-state index contributed by atoms with van der Waals surface area (Å²) in [5.74, 6) is 1.46. The van der Waals surface area contributed by atoms with Gasteiger partial charge in [0.25, 0.3) is 0 Å². The van der Waals surface area contributed by atoms with Gasteiger partial charge in [0.1, 0.15) is 0 Å². The van der Waals surface area contributed by atoms with Crippen molar-refractivity contribution >= 4 is 5.57 Å². The van der Waals surface area contributed by atoms with Crippen LogP contribution >= 0.6 is 0 Å². The Morgan fingerprint density at radius 2 is 1.75 bits per heavy atom. The molecule has 0 bridgehead atoms. The van der Waals surface area contributed by atoms with Crippen molar-refractivity contribution in [3.8, 4) is 23.3 Å². The summed E-state index contributed by atoms with van der Waals surface area (Å²) >= 11 is 0. The maximum atomic E-state index is 8.82. The van der Waals surface area contributed by atoms with Gasteiger partial charge >= 0.3 is 0 Å². The van der Waals surface area contributed by atoms with Crippen molar-refractivity contribution in [3.05, 3.63) is 24.3 Å². The second-order valence-corrected chi connectivity index (χ2v) is 2.97. The molecule has 0 atom stereocenters. The second-order valence-electron chi connectivity index (χ2n) is 2.97. The molecule has 0 aliphatic heterocycles. The Hall–Kier alpha value is -2.15. The summed E-state index contributed by atoms with van der Waals surface area (Å²) in [5, 5.41) is 8.82. The molecule has 0 saturated carbocycles. The molecule has 0 unspecified atom stereocenters. The minimum absolute atomic E-state index is 0.317. The number of hydrogen-bond acceptors (Lipinski definition) is 4. The molecule has 84 valence electrons. The fraction of sp³-hybridized carbons (Fsp3) is 0.250. The molecule has 1 aromatic carbocycles. The van der Waals surface area contributed by atoms with Crippen LogP contribution in [-0.2, 0) is 0 Å². The summed E-state index contributed by atoms with van der Waals surface area (Å²) in [6, 6.07) is 5.40. The Morgan fingerprint density at radius 1 is 1.12 bits per heavy atom. The lowest BCUT2D eigenvalue weighted by atomic mass is 10.1. The van der Waals surface area contributed by atoms with Crippen LogP contribution in [0.15, 0.2) is 18.7 Å². The number of nitriles is 1. The van der Waals surface area contributed by atoms with E-state index in [2.05, 4.69) is 6.58 Å². The Morgan fingerprint density at radius 3 is 2.19 bits per heavy atom. The van der Waals surface area contributed by atoms with Crippen molar-refractivity contribution in [3.63, 3.8) is 0 Å². The predicted molar refractivity (Wildman–Crippen MR) is 60.7 cm³/mol. The van der Waals surface area contributed by atoms with E-state index < -0.39 is 0 Å². The SMILES string of the molecule is C=C(C#N)c1ccc(OC)c(OC)c1OC. The van der Waals surface area contributed by atoms with Gasteiger partial charge in [0, 0.05) is 5.56 Å². The third-order valence-corrected chi connectivity index (χ3v) is 2.16. The smallest absolute Gasteiger partial charge is 0.203 e. The second kappa shape index (κ2) is 5.08. The molecule has 0 spiro atoms. The molecule has 0 amide bonds. The van der Waals surface area contributed by atoms with Crippen molar-refractivity contribution in [2.75, 3.05) is 21.3 Å². The number of methoxy groups -OCH3 is 3. The normalized spacial score (nSPS) is 9.12. The van der Waals surface area contributed by atoms with E-state index in [-0.39, 0.29) is 0 Å². The fourth-order valence-corrected chi connectivity index (χ4v) is 1.40. The zero-order valence-corrected chi connectivity index (χ0v) is 9.53. The Bertz CT molecular complexity index is 446. The first kappa shape index (κ1) is 11.9. The van der Waals surface area contributed by atoms with Crippen LogP contribution < -0.4 is 14.2 Å². The van der Waals surface area contributed by atoms with Crippen LogP contribution in [0.4, 0.5) is 0 Å². The molecule has 0 aliphatic carbocycles. The average Bonchev–Trinajstić information content (AvgIpc) is 2.35. The summed E-state index contributed by atoms with van der Waals surface area (Å²) in [6.45, 7) is 3.65. The van der Waals surface area contributed by atoms with Crippen molar-refractivity contribution in [1.29, 1.82) is 5.26 Å². The van der Waals surface area contributed by atoms with Crippen molar-refractivity contribution < 1.29 is 14.2 Å². The summed E-state index contributed by atoms with van der Waals surface area (Å²) in [6.07, 6.45) is 0. The van der Waals surface area contributed by atoms with Crippen LogP contribution in [-0.4, -0.2) is 21.3 Å². The van der Waals surface area contributed by atoms with Gasteiger partial charge in [-0.15, -0.1) is 0 Å². The van der Waals surface area contributed by atoms with E-state index in [1.165, 1.54) is 21.3 Å². The van der Waals surface area contributed by atoms with Crippen molar-refractivity contribution in [1.82, 2.24) is 0 Å². The molecule has 0 aromatic heterocycles. The standard InChI is InChI=1S/C12H13NO3/c1-8(7-13)9-5-6-10(14-2)12(16-4)11(9)15-3/h5-6H,1H2,2-4H3. The maximum Gasteiger partial charge on any atom is 0.203 e. The first-order valence-electron chi connectivity index (χ1n) is 4.57. The Balaban J connectivity index is 3.44. The van der Waals surface area contributed by atoms with Gasteiger partial charge in [0.15, 0.2) is 11.5 Å². The number of benzene rings is 1. The monoisotopic (exact) mass is 219 g/mol. The van der Waals surface area contributed by atoms with Crippen LogP contribution in [0.25, 0.3) is 5.57 Å².